The number of hydrogen-bond acceptors (Lipinski definition) is 2. The molecule has 2 aromatic carbocycles. The molecule has 1 aliphatic carbocycles. The summed E-state index contributed by atoms with van der Waals surface area (Å²) in [4.78, 5) is 2.37. The Morgan fingerprint density at radius 2 is 2.00 bits per heavy atom. The SMILES string of the molecule is CN(C/C=C/COc1cc[c]c(-c2ccc(Br)cc2)c1)CC1CC1. The molecule has 2 nitrogen and oxygen atoms in total. The Kier molecular flexibility index (Phi) is 6.11. The highest BCUT2D eigenvalue weighted by molar-refractivity contribution is 9.10. The summed E-state index contributed by atoms with van der Waals surface area (Å²) in [6.45, 7) is 2.81. The normalized spacial score (nSPS) is 14.5. The van der Waals surface area contributed by atoms with Crippen LogP contribution in [0.2, 0.25) is 0 Å². The van der Waals surface area contributed by atoms with Gasteiger partial charge in [-0.15, -0.1) is 0 Å². The molecule has 0 amide bonds. The second kappa shape index (κ2) is 8.50. The summed E-state index contributed by atoms with van der Waals surface area (Å²) >= 11 is 3.46. The van der Waals surface area contributed by atoms with Crippen molar-refractivity contribution in [3.8, 4) is 16.9 Å². The summed E-state index contributed by atoms with van der Waals surface area (Å²) in [5.74, 6) is 1.82. The van der Waals surface area contributed by atoms with Crippen molar-refractivity contribution in [1.29, 1.82) is 0 Å². The first kappa shape index (κ1) is 17.2. The van der Waals surface area contributed by atoms with Gasteiger partial charge in [0.05, 0.1) is 0 Å². The Labute approximate surface area is 153 Å². The lowest BCUT2D eigenvalue weighted by molar-refractivity contribution is 0.347. The molecule has 0 spiro atoms. The van der Waals surface area contributed by atoms with Crippen molar-refractivity contribution in [2.24, 2.45) is 5.92 Å². The van der Waals surface area contributed by atoms with Crippen LogP contribution in [0.15, 0.2) is 59.1 Å². The Balaban J connectivity index is 1.48. The van der Waals surface area contributed by atoms with Gasteiger partial charge in [0.2, 0.25) is 0 Å². The standard InChI is InChI=1S/C21H23BrNO/c1-23(16-17-7-8-17)13-2-3-14-24-21-6-4-5-19(15-21)18-9-11-20(22)12-10-18/h2-4,6,9-12,15,17H,7-8,13-14,16H2,1H3/b3-2+. The van der Waals surface area contributed by atoms with Gasteiger partial charge in [-0.05, 0) is 67.3 Å². The molecule has 1 radical (unpaired) electrons. The lowest BCUT2D eigenvalue weighted by Gasteiger charge is -2.13. The molecule has 0 aliphatic heterocycles. The number of halogens is 1. The third-order valence-corrected chi connectivity index (χ3v) is 4.65. The van der Waals surface area contributed by atoms with E-state index in [1.807, 2.05) is 30.3 Å². The molecule has 2 aromatic rings. The van der Waals surface area contributed by atoms with Crippen molar-refractivity contribution in [1.82, 2.24) is 4.90 Å². The number of hydrogen-bond donors (Lipinski definition) is 0. The van der Waals surface area contributed by atoms with Gasteiger partial charge in [-0.3, -0.25) is 0 Å². The minimum absolute atomic E-state index is 0.598. The van der Waals surface area contributed by atoms with Gasteiger partial charge in [-0.2, -0.15) is 0 Å². The molecule has 0 unspecified atom stereocenters. The average molecular weight is 385 g/mol. The van der Waals surface area contributed by atoms with Gasteiger partial charge in [0.25, 0.3) is 0 Å². The van der Waals surface area contributed by atoms with E-state index in [4.69, 9.17) is 4.74 Å². The van der Waals surface area contributed by atoms with Crippen molar-refractivity contribution in [3.63, 3.8) is 0 Å². The molecule has 3 heteroatoms. The maximum absolute atomic E-state index is 5.83. The third-order valence-electron chi connectivity index (χ3n) is 4.13. The van der Waals surface area contributed by atoms with E-state index < -0.39 is 0 Å². The van der Waals surface area contributed by atoms with Crippen molar-refractivity contribution in [3.05, 3.63) is 65.2 Å². The molecule has 0 saturated heterocycles. The predicted octanol–water partition coefficient (Wildman–Crippen LogP) is 5.19. The van der Waals surface area contributed by atoms with E-state index in [0.717, 1.165) is 33.8 Å². The number of rotatable bonds is 8. The quantitative estimate of drug-likeness (QED) is 0.580. The van der Waals surface area contributed by atoms with Crippen molar-refractivity contribution < 1.29 is 4.74 Å². The molecule has 3 rings (SSSR count). The van der Waals surface area contributed by atoms with Gasteiger partial charge in [-0.1, -0.05) is 46.3 Å². The van der Waals surface area contributed by atoms with Gasteiger partial charge in [0, 0.05) is 17.6 Å². The smallest absolute Gasteiger partial charge is 0.120 e. The second-order valence-electron chi connectivity index (χ2n) is 6.39. The van der Waals surface area contributed by atoms with Gasteiger partial charge in [0.15, 0.2) is 0 Å². The fourth-order valence-corrected chi connectivity index (χ4v) is 2.88. The van der Waals surface area contributed by atoms with Crippen LogP contribution in [0.1, 0.15) is 12.8 Å². The van der Waals surface area contributed by atoms with E-state index in [1.165, 1.54) is 19.4 Å². The first-order valence-electron chi connectivity index (χ1n) is 8.45. The molecule has 0 aromatic heterocycles. The molecule has 1 saturated carbocycles. The van der Waals surface area contributed by atoms with E-state index in [9.17, 15) is 0 Å². The van der Waals surface area contributed by atoms with Crippen LogP contribution in [0, 0.1) is 12.0 Å². The Bertz CT molecular complexity index is 676. The van der Waals surface area contributed by atoms with Gasteiger partial charge in [0.1, 0.15) is 12.4 Å². The first-order valence-corrected chi connectivity index (χ1v) is 9.24. The van der Waals surface area contributed by atoms with Crippen LogP contribution >= 0.6 is 15.9 Å². The van der Waals surface area contributed by atoms with Crippen molar-refractivity contribution in [2.75, 3.05) is 26.7 Å². The molecule has 0 atom stereocenters. The summed E-state index contributed by atoms with van der Waals surface area (Å²) in [6, 6.07) is 17.4. The zero-order valence-electron chi connectivity index (χ0n) is 14.0. The first-order chi connectivity index (χ1) is 11.7. The van der Waals surface area contributed by atoms with Gasteiger partial charge in [-0.25, -0.2) is 0 Å². The number of ether oxygens (including phenoxy) is 1. The Morgan fingerprint density at radius 1 is 1.21 bits per heavy atom. The monoisotopic (exact) mass is 384 g/mol. The minimum Gasteiger partial charge on any atom is -0.490 e. The number of benzene rings is 2. The summed E-state index contributed by atoms with van der Waals surface area (Å²) in [5, 5.41) is 0. The van der Waals surface area contributed by atoms with Gasteiger partial charge < -0.3 is 9.64 Å². The van der Waals surface area contributed by atoms with E-state index >= 15 is 0 Å². The summed E-state index contributed by atoms with van der Waals surface area (Å²) in [6.07, 6.45) is 7.10. The summed E-state index contributed by atoms with van der Waals surface area (Å²) < 4.78 is 6.91. The number of nitrogens with zero attached hydrogens (tertiary/aromatic N) is 1. The van der Waals surface area contributed by atoms with Crippen LogP contribution in [-0.2, 0) is 0 Å². The molecule has 0 N–H and O–H groups in total. The topological polar surface area (TPSA) is 12.5 Å². The van der Waals surface area contributed by atoms with Crippen LogP contribution in [0.3, 0.4) is 0 Å². The van der Waals surface area contributed by atoms with Gasteiger partial charge >= 0.3 is 0 Å². The highest BCUT2D eigenvalue weighted by atomic mass is 79.9. The zero-order chi connectivity index (χ0) is 16.8. The summed E-state index contributed by atoms with van der Waals surface area (Å²) in [7, 11) is 2.18. The van der Waals surface area contributed by atoms with Crippen LogP contribution in [-0.4, -0.2) is 31.6 Å². The fraction of sp³-hybridized carbons (Fsp3) is 0.333. The molecular weight excluding hydrogens is 362 g/mol. The van der Waals surface area contributed by atoms with Crippen LogP contribution in [0.25, 0.3) is 11.1 Å². The summed E-state index contributed by atoms with van der Waals surface area (Å²) in [5.41, 5.74) is 2.19. The molecule has 1 aliphatic rings. The van der Waals surface area contributed by atoms with Crippen LogP contribution < -0.4 is 4.74 Å². The lowest BCUT2D eigenvalue weighted by Crippen LogP contribution is -2.20. The largest absolute Gasteiger partial charge is 0.490 e. The van der Waals surface area contributed by atoms with Crippen LogP contribution in [0.5, 0.6) is 5.75 Å². The molecule has 24 heavy (non-hydrogen) atoms. The zero-order valence-corrected chi connectivity index (χ0v) is 15.6. The van der Waals surface area contributed by atoms with E-state index in [0.29, 0.717) is 6.61 Å². The maximum atomic E-state index is 5.83. The Hall–Kier alpha value is -1.58. The Morgan fingerprint density at radius 3 is 2.75 bits per heavy atom. The molecule has 1 fully saturated rings. The van der Waals surface area contributed by atoms with Crippen molar-refractivity contribution in [2.45, 2.75) is 12.8 Å². The molecular formula is C21H23BrNO. The van der Waals surface area contributed by atoms with E-state index in [1.54, 1.807) is 0 Å². The number of likely N-dealkylation sites (N-methyl/N-ethyl adjacent to an activating group) is 1. The fourth-order valence-electron chi connectivity index (χ4n) is 2.61. The third kappa shape index (κ3) is 5.50. The highest BCUT2D eigenvalue weighted by Crippen LogP contribution is 2.29. The molecule has 0 heterocycles. The second-order valence-corrected chi connectivity index (χ2v) is 7.31. The highest BCUT2D eigenvalue weighted by Gasteiger charge is 2.22. The maximum Gasteiger partial charge on any atom is 0.120 e. The molecule has 125 valence electrons. The lowest BCUT2D eigenvalue weighted by atomic mass is 10.1. The minimum atomic E-state index is 0.598. The van der Waals surface area contributed by atoms with E-state index in [-0.39, 0.29) is 0 Å². The predicted molar refractivity (Wildman–Crippen MR) is 103 cm³/mol. The molecule has 0 bridgehead atoms. The average Bonchev–Trinajstić information content (AvgIpc) is 3.39. The van der Waals surface area contributed by atoms with Crippen LogP contribution in [0.4, 0.5) is 0 Å². The van der Waals surface area contributed by atoms with Crippen molar-refractivity contribution >= 4 is 15.9 Å². The van der Waals surface area contributed by atoms with E-state index in [2.05, 4.69) is 58.2 Å².